The van der Waals surface area contributed by atoms with Crippen molar-refractivity contribution in [2.75, 3.05) is 0 Å². The number of carbonyl (C=O) groups is 2. The second-order valence-corrected chi connectivity index (χ2v) is 4.13. The molecule has 17 heavy (non-hydrogen) atoms. The molecule has 1 heterocycles. The van der Waals surface area contributed by atoms with Gasteiger partial charge < -0.3 is 10.4 Å². The first-order valence-corrected chi connectivity index (χ1v) is 5.38. The minimum Gasteiger partial charge on any atom is -0.480 e. The van der Waals surface area contributed by atoms with Crippen molar-refractivity contribution in [2.45, 2.75) is 26.3 Å². The average Bonchev–Trinajstić information content (AvgIpc) is 2.43. The predicted octanol–water partition coefficient (Wildman–Crippen LogP) is 0.514. The van der Waals surface area contributed by atoms with E-state index < -0.39 is 17.9 Å². The van der Waals surface area contributed by atoms with Crippen LogP contribution in [0.3, 0.4) is 0 Å². The highest BCUT2D eigenvalue weighted by Gasteiger charge is 2.23. The van der Waals surface area contributed by atoms with E-state index in [1.165, 1.54) is 11.6 Å². The third-order valence-corrected chi connectivity index (χ3v) is 2.83. The number of amides is 1. The summed E-state index contributed by atoms with van der Waals surface area (Å²) in [6.07, 6.45) is 0.118. The van der Waals surface area contributed by atoms with Crippen LogP contribution in [0.15, 0.2) is 0 Å². The molecule has 0 aliphatic heterocycles. The summed E-state index contributed by atoms with van der Waals surface area (Å²) in [5.74, 6) is -1.49. The van der Waals surface area contributed by atoms with Crippen LogP contribution in [0.25, 0.3) is 0 Å². The molecule has 0 radical (unpaired) electrons. The Hall–Kier alpha value is -1.56. The van der Waals surface area contributed by atoms with Crippen molar-refractivity contribution in [2.24, 2.45) is 7.05 Å². The Kier molecular flexibility index (Phi) is 4.11. The zero-order valence-corrected chi connectivity index (χ0v) is 10.6. The Morgan fingerprint density at radius 2 is 2.18 bits per heavy atom. The van der Waals surface area contributed by atoms with Crippen LogP contribution >= 0.6 is 11.6 Å². The number of nitrogens with zero attached hydrogens (tertiary/aromatic N) is 2. The lowest BCUT2D eigenvalue weighted by atomic mass is 10.1. The number of halogens is 1. The van der Waals surface area contributed by atoms with E-state index in [1.54, 1.807) is 14.0 Å². The van der Waals surface area contributed by atoms with Gasteiger partial charge in [-0.1, -0.05) is 11.6 Å². The highest BCUT2D eigenvalue weighted by Crippen LogP contribution is 2.20. The number of aryl methyl sites for hydroxylation is 2. The van der Waals surface area contributed by atoms with Gasteiger partial charge in [0.2, 0.25) is 5.91 Å². The van der Waals surface area contributed by atoms with Gasteiger partial charge >= 0.3 is 5.97 Å². The molecule has 0 spiro atoms. The quantitative estimate of drug-likeness (QED) is 0.825. The maximum atomic E-state index is 11.0. The summed E-state index contributed by atoms with van der Waals surface area (Å²) in [6.45, 7) is 3.02. The number of hydrogen-bond donors (Lipinski definition) is 2. The predicted molar refractivity (Wildman–Crippen MR) is 61.9 cm³/mol. The number of aliphatic carboxylic acids is 1. The van der Waals surface area contributed by atoms with Gasteiger partial charge in [0.05, 0.1) is 5.69 Å². The Labute approximate surface area is 104 Å². The van der Waals surface area contributed by atoms with Crippen LogP contribution in [0.4, 0.5) is 0 Å². The molecule has 6 nitrogen and oxygen atoms in total. The fourth-order valence-corrected chi connectivity index (χ4v) is 1.81. The molecule has 7 heteroatoms. The van der Waals surface area contributed by atoms with E-state index in [0.29, 0.717) is 16.4 Å². The highest BCUT2D eigenvalue weighted by atomic mass is 35.5. The van der Waals surface area contributed by atoms with E-state index in [9.17, 15) is 9.59 Å². The molecule has 0 saturated heterocycles. The van der Waals surface area contributed by atoms with Crippen molar-refractivity contribution in [1.29, 1.82) is 0 Å². The minimum atomic E-state index is -1.10. The topological polar surface area (TPSA) is 84.2 Å². The lowest BCUT2D eigenvalue weighted by Crippen LogP contribution is -2.41. The van der Waals surface area contributed by atoms with Crippen molar-refractivity contribution >= 4 is 23.5 Å². The molecule has 0 bridgehead atoms. The van der Waals surface area contributed by atoms with Crippen LogP contribution in [0.2, 0.25) is 5.15 Å². The molecule has 0 aliphatic carbocycles. The lowest BCUT2D eigenvalue weighted by molar-refractivity contribution is -0.141. The largest absolute Gasteiger partial charge is 0.480 e. The Morgan fingerprint density at radius 1 is 1.59 bits per heavy atom. The minimum absolute atomic E-state index is 0.118. The van der Waals surface area contributed by atoms with Gasteiger partial charge in [0, 0.05) is 26.0 Å². The van der Waals surface area contributed by atoms with Gasteiger partial charge in [-0.25, -0.2) is 4.79 Å². The second kappa shape index (κ2) is 5.18. The van der Waals surface area contributed by atoms with Crippen molar-refractivity contribution < 1.29 is 14.7 Å². The van der Waals surface area contributed by atoms with E-state index >= 15 is 0 Å². The number of carbonyl (C=O) groups excluding carboxylic acids is 1. The first-order chi connectivity index (χ1) is 7.82. The van der Waals surface area contributed by atoms with Gasteiger partial charge in [0.15, 0.2) is 0 Å². The van der Waals surface area contributed by atoms with E-state index in [0.717, 1.165) is 0 Å². The summed E-state index contributed by atoms with van der Waals surface area (Å²) in [5.41, 5.74) is 1.30. The first kappa shape index (κ1) is 13.5. The molecule has 94 valence electrons. The SMILES string of the molecule is CC(=O)NC(Cc1c(C)nn(C)c1Cl)C(=O)O. The maximum absolute atomic E-state index is 11.0. The Morgan fingerprint density at radius 3 is 2.53 bits per heavy atom. The number of carboxylic acid groups (broad SMARTS) is 1. The molecule has 0 saturated carbocycles. The van der Waals surface area contributed by atoms with Crippen molar-refractivity contribution in [3.63, 3.8) is 0 Å². The molecule has 1 aromatic heterocycles. The second-order valence-electron chi connectivity index (χ2n) is 3.77. The van der Waals surface area contributed by atoms with Crippen molar-refractivity contribution in [1.82, 2.24) is 15.1 Å². The lowest BCUT2D eigenvalue weighted by Gasteiger charge is -2.12. The van der Waals surface area contributed by atoms with Gasteiger partial charge in [-0.05, 0) is 6.92 Å². The fourth-order valence-electron chi connectivity index (χ4n) is 1.56. The number of carboxylic acids is 1. The van der Waals surface area contributed by atoms with Gasteiger partial charge in [-0.2, -0.15) is 5.10 Å². The summed E-state index contributed by atoms with van der Waals surface area (Å²) in [4.78, 5) is 21.9. The third kappa shape index (κ3) is 3.20. The summed E-state index contributed by atoms with van der Waals surface area (Å²) in [7, 11) is 1.67. The molecular formula is C10H14ClN3O3. The summed E-state index contributed by atoms with van der Waals surface area (Å²) < 4.78 is 1.47. The molecule has 0 aromatic carbocycles. The third-order valence-electron chi connectivity index (χ3n) is 2.35. The van der Waals surface area contributed by atoms with E-state index in [-0.39, 0.29) is 6.42 Å². The Balaban J connectivity index is 2.93. The van der Waals surface area contributed by atoms with Crippen LogP contribution < -0.4 is 5.32 Å². The molecular weight excluding hydrogens is 246 g/mol. The first-order valence-electron chi connectivity index (χ1n) is 5.00. The summed E-state index contributed by atoms with van der Waals surface area (Å²) in [6, 6.07) is -0.993. The maximum Gasteiger partial charge on any atom is 0.326 e. The number of aromatic nitrogens is 2. The zero-order valence-electron chi connectivity index (χ0n) is 9.82. The molecule has 1 unspecified atom stereocenters. The average molecular weight is 260 g/mol. The van der Waals surface area contributed by atoms with Crippen LogP contribution in [-0.2, 0) is 23.1 Å². The van der Waals surface area contributed by atoms with E-state index in [1.807, 2.05) is 0 Å². The molecule has 2 N–H and O–H groups in total. The van der Waals surface area contributed by atoms with E-state index in [2.05, 4.69) is 10.4 Å². The van der Waals surface area contributed by atoms with Gasteiger partial charge in [-0.15, -0.1) is 0 Å². The van der Waals surface area contributed by atoms with Crippen LogP contribution in [0.1, 0.15) is 18.2 Å². The number of nitrogens with one attached hydrogen (secondary N) is 1. The Bertz CT molecular complexity index is 456. The zero-order chi connectivity index (χ0) is 13.2. The van der Waals surface area contributed by atoms with Crippen molar-refractivity contribution in [3.05, 3.63) is 16.4 Å². The summed E-state index contributed by atoms with van der Waals surface area (Å²) in [5, 5.41) is 15.8. The molecule has 0 aliphatic rings. The molecule has 1 amide bonds. The smallest absolute Gasteiger partial charge is 0.326 e. The summed E-state index contributed by atoms with van der Waals surface area (Å²) >= 11 is 5.99. The molecule has 0 fully saturated rings. The van der Waals surface area contributed by atoms with Gasteiger partial charge in [0.25, 0.3) is 0 Å². The van der Waals surface area contributed by atoms with Crippen LogP contribution in [0, 0.1) is 6.92 Å². The molecule has 1 rings (SSSR count). The number of rotatable bonds is 4. The van der Waals surface area contributed by atoms with Gasteiger partial charge in [0.1, 0.15) is 11.2 Å². The van der Waals surface area contributed by atoms with E-state index in [4.69, 9.17) is 16.7 Å². The molecule has 1 atom stereocenters. The monoisotopic (exact) mass is 259 g/mol. The van der Waals surface area contributed by atoms with Crippen LogP contribution in [-0.4, -0.2) is 32.8 Å². The fraction of sp³-hybridized carbons (Fsp3) is 0.500. The van der Waals surface area contributed by atoms with Crippen LogP contribution in [0.5, 0.6) is 0 Å². The normalized spacial score (nSPS) is 12.2. The van der Waals surface area contributed by atoms with Gasteiger partial charge in [-0.3, -0.25) is 9.48 Å². The highest BCUT2D eigenvalue weighted by molar-refractivity contribution is 6.30. The standard InChI is InChI=1S/C10H14ClN3O3/c1-5-7(9(11)14(3)13-5)4-8(10(16)17)12-6(2)15/h8H,4H2,1-3H3,(H,12,15)(H,16,17). The molecule has 1 aromatic rings. The van der Waals surface area contributed by atoms with Crippen molar-refractivity contribution in [3.8, 4) is 0 Å². The number of hydrogen-bond acceptors (Lipinski definition) is 3.